The van der Waals surface area contributed by atoms with Crippen LogP contribution < -0.4 is 24.3 Å². The summed E-state index contributed by atoms with van der Waals surface area (Å²) >= 11 is 0. The lowest BCUT2D eigenvalue weighted by atomic mass is 9.77. The molecule has 1 fully saturated rings. The fourth-order valence-electron chi connectivity index (χ4n) is 6.75. The molecule has 11 nitrogen and oxygen atoms in total. The summed E-state index contributed by atoms with van der Waals surface area (Å²) in [4.78, 5) is 29.4. The van der Waals surface area contributed by atoms with Crippen molar-refractivity contribution in [2.24, 2.45) is 5.92 Å². The van der Waals surface area contributed by atoms with Gasteiger partial charge in [0.15, 0.2) is 11.5 Å². The molecule has 238 valence electrons. The Bertz CT molecular complexity index is 1390. The number of nitrogens with zero attached hydrogens (tertiary/aromatic N) is 1. The zero-order valence-electron chi connectivity index (χ0n) is 25.5. The number of rotatable bonds is 12. The fourth-order valence-corrected chi connectivity index (χ4v) is 6.75. The molecule has 0 aromatic heterocycles. The van der Waals surface area contributed by atoms with Gasteiger partial charge >= 0.3 is 0 Å². The SMILES string of the molecule is COc1ccc(OC)c(CCN(C(=O)C2CCCC2)C2C=C(C(=O)NCCO)C3c4cc(CO)cc(OC)c4OC3C2O)c1. The number of nitrogens with one attached hydrogen (secondary N) is 1. The van der Waals surface area contributed by atoms with E-state index in [1.54, 1.807) is 43.4 Å². The van der Waals surface area contributed by atoms with Gasteiger partial charge in [-0.25, -0.2) is 0 Å². The van der Waals surface area contributed by atoms with Crippen molar-refractivity contribution in [2.75, 3.05) is 41.0 Å². The number of amides is 2. The zero-order valence-corrected chi connectivity index (χ0v) is 25.5. The van der Waals surface area contributed by atoms with Gasteiger partial charge in [0.2, 0.25) is 11.8 Å². The molecule has 4 atom stereocenters. The highest BCUT2D eigenvalue weighted by Gasteiger charge is 2.51. The van der Waals surface area contributed by atoms with E-state index in [4.69, 9.17) is 18.9 Å². The van der Waals surface area contributed by atoms with Gasteiger partial charge in [-0.05, 0) is 66.8 Å². The Morgan fingerprint density at radius 1 is 1.02 bits per heavy atom. The highest BCUT2D eigenvalue weighted by Crippen LogP contribution is 2.51. The molecule has 0 radical (unpaired) electrons. The number of carbonyl (C=O) groups excluding carboxylic acids is 2. The van der Waals surface area contributed by atoms with Gasteiger partial charge in [0.1, 0.15) is 23.7 Å². The van der Waals surface area contributed by atoms with E-state index >= 15 is 0 Å². The van der Waals surface area contributed by atoms with Crippen LogP contribution in [0.3, 0.4) is 0 Å². The number of aliphatic hydroxyl groups is 3. The molecule has 2 amide bonds. The molecule has 0 bridgehead atoms. The van der Waals surface area contributed by atoms with Crippen LogP contribution in [0.1, 0.15) is 48.3 Å². The highest BCUT2D eigenvalue weighted by molar-refractivity contribution is 5.96. The van der Waals surface area contributed by atoms with Crippen molar-refractivity contribution >= 4 is 11.8 Å². The molecule has 5 rings (SSSR count). The van der Waals surface area contributed by atoms with Crippen molar-refractivity contribution in [1.82, 2.24) is 10.2 Å². The summed E-state index contributed by atoms with van der Waals surface area (Å²) in [5.41, 5.74) is 2.34. The average Bonchev–Trinajstić information content (AvgIpc) is 3.73. The van der Waals surface area contributed by atoms with E-state index < -0.39 is 30.1 Å². The predicted octanol–water partition coefficient (Wildman–Crippen LogP) is 2.09. The fraction of sp³-hybridized carbons (Fsp3) is 0.515. The van der Waals surface area contributed by atoms with Crippen LogP contribution in [-0.4, -0.2) is 91.3 Å². The van der Waals surface area contributed by atoms with E-state index in [2.05, 4.69) is 5.32 Å². The van der Waals surface area contributed by atoms with E-state index in [-0.39, 0.29) is 38.1 Å². The number of aliphatic hydroxyl groups excluding tert-OH is 3. The predicted molar refractivity (Wildman–Crippen MR) is 161 cm³/mol. The first-order valence-electron chi connectivity index (χ1n) is 15.1. The molecule has 3 aliphatic rings. The molecule has 2 aliphatic carbocycles. The van der Waals surface area contributed by atoms with E-state index in [1.807, 2.05) is 12.1 Å². The molecule has 1 heterocycles. The maximum Gasteiger partial charge on any atom is 0.247 e. The van der Waals surface area contributed by atoms with Crippen LogP contribution in [0.4, 0.5) is 0 Å². The summed E-state index contributed by atoms with van der Waals surface area (Å²) in [6.07, 6.45) is 3.47. The lowest BCUT2D eigenvalue weighted by molar-refractivity contribution is -0.141. The Balaban J connectivity index is 1.56. The van der Waals surface area contributed by atoms with Gasteiger partial charge in [-0.2, -0.15) is 0 Å². The number of benzene rings is 2. The number of ether oxygens (including phenoxy) is 4. The normalized spacial score (nSPS) is 22.4. The number of carbonyl (C=O) groups is 2. The van der Waals surface area contributed by atoms with Crippen molar-refractivity contribution in [3.8, 4) is 23.0 Å². The first-order valence-corrected chi connectivity index (χ1v) is 15.1. The smallest absolute Gasteiger partial charge is 0.247 e. The molecule has 2 aromatic carbocycles. The molecular formula is C33H42N2O9. The quantitative estimate of drug-likeness (QED) is 0.284. The second-order valence-electron chi connectivity index (χ2n) is 11.5. The minimum absolute atomic E-state index is 0.0366. The number of fused-ring (bicyclic) bond motifs is 3. The lowest BCUT2D eigenvalue weighted by Crippen LogP contribution is -2.57. The molecule has 44 heavy (non-hydrogen) atoms. The molecule has 4 unspecified atom stereocenters. The Morgan fingerprint density at radius 3 is 2.43 bits per heavy atom. The summed E-state index contributed by atoms with van der Waals surface area (Å²) < 4.78 is 22.9. The highest BCUT2D eigenvalue weighted by atomic mass is 16.5. The summed E-state index contributed by atoms with van der Waals surface area (Å²) in [6, 6.07) is 8.04. The first-order chi connectivity index (χ1) is 21.3. The Kier molecular flexibility index (Phi) is 9.97. The lowest BCUT2D eigenvalue weighted by Gasteiger charge is -2.41. The molecule has 11 heteroatoms. The van der Waals surface area contributed by atoms with Crippen LogP contribution >= 0.6 is 0 Å². The van der Waals surface area contributed by atoms with Crippen LogP contribution in [0.25, 0.3) is 0 Å². The van der Waals surface area contributed by atoms with Crippen molar-refractivity contribution in [3.05, 3.63) is 58.7 Å². The van der Waals surface area contributed by atoms with Crippen LogP contribution in [0.2, 0.25) is 0 Å². The number of hydrogen-bond donors (Lipinski definition) is 4. The van der Waals surface area contributed by atoms with Gasteiger partial charge in [0.25, 0.3) is 0 Å². The minimum Gasteiger partial charge on any atom is -0.497 e. The summed E-state index contributed by atoms with van der Waals surface area (Å²) in [5.74, 6) is 0.708. The molecular weight excluding hydrogens is 568 g/mol. The second kappa shape index (κ2) is 13.9. The topological polar surface area (TPSA) is 147 Å². The van der Waals surface area contributed by atoms with Gasteiger partial charge in [0.05, 0.1) is 46.5 Å². The van der Waals surface area contributed by atoms with Crippen molar-refractivity contribution < 1.29 is 43.9 Å². The largest absolute Gasteiger partial charge is 0.497 e. The third kappa shape index (κ3) is 6.09. The molecule has 0 spiro atoms. The molecule has 1 aliphatic heterocycles. The third-order valence-electron chi connectivity index (χ3n) is 8.95. The molecule has 0 saturated heterocycles. The Labute approximate surface area is 257 Å². The summed E-state index contributed by atoms with van der Waals surface area (Å²) in [6.45, 7) is -0.206. The van der Waals surface area contributed by atoms with Crippen LogP contribution in [0, 0.1) is 5.92 Å². The van der Waals surface area contributed by atoms with Gasteiger partial charge in [-0.3, -0.25) is 9.59 Å². The van der Waals surface area contributed by atoms with E-state index in [0.29, 0.717) is 46.1 Å². The van der Waals surface area contributed by atoms with Crippen LogP contribution in [0.5, 0.6) is 23.0 Å². The summed E-state index contributed by atoms with van der Waals surface area (Å²) in [7, 11) is 4.66. The maximum absolute atomic E-state index is 14.1. The van der Waals surface area contributed by atoms with Crippen molar-refractivity contribution in [3.63, 3.8) is 0 Å². The molecule has 1 saturated carbocycles. The Morgan fingerprint density at radius 2 is 1.77 bits per heavy atom. The minimum atomic E-state index is -1.18. The van der Waals surface area contributed by atoms with Crippen molar-refractivity contribution in [2.45, 2.75) is 62.9 Å². The zero-order chi connectivity index (χ0) is 31.4. The summed E-state index contributed by atoms with van der Waals surface area (Å²) in [5, 5.41) is 34.0. The van der Waals surface area contributed by atoms with E-state index in [1.165, 1.54) is 7.11 Å². The Hall–Kier alpha value is -3.80. The van der Waals surface area contributed by atoms with E-state index in [0.717, 1.165) is 31.2 Å². The first kappa shape index (κ1) is 31.6. The average molecular weight is 611 g/mol. The van der Waals surface area contributed by atoms with Gasteiger partial charge < -0.3 is 44.5 Å². The molecule has 2 aromatic rings. The molecule has 4 N–H and O–H groups in total. The van der Waals surface area contributed by atoms with Crippen molar-refractivity contribution in [1.29, 1.82) is 0 Å². The monoisotopic (exact) mass is 610 g/mol. The standard InChI is InChI=1S/C33H42N2O9/c1-41-22-8-9-26(42-2)21(16-22)10-12-35(33(40)20-6-4-5-7-20)25-17-24(32(39)34-11-13-36)28-23-14-19(18-37)15-27(43-3)30(23)44-31(28)29(25)38/h8-9,14-17,20,25,28-29,31,36-38H,4-7,10-13,18H2,1-3H3,(H,34,39). The van der Waals surface area contributed by atoms with E-state index in [9.17, 15) is 24.9 Å². The van der Waals surface area contributed by atoms with Crippen LogP contribution in [-0.2, 0) is 22.6 Å². The maximum atomic E-state index is 14.1. The number of hydrogen-bond acceptors (Lipinski definition) is 9. The second-order valence-corrected chi connectivity index (χ2v) is 11.5. The number of methoxy groups -OCH3 is 3. The van der Waals surface area contributed by atoms with Gasteiger partial charge in [-0.1, -0.05) is 12.8 Å². The third-order valence-corrected chi connectivity index (χ3v) is 8.95. The van der Waals surface area contributed by atoms with Crippen LogP contribution in [0.15, 0.2) is 42.0 Å². The van der Waals surface area contributed by atoms with Gasteiger partial charge in [-0.15, -0.1) is 0 Å². The van der Waals surface area contributed by atoms with Gasteiger partial charge in [0, 0.05) is 30.1 Å².